The molecule has 0 spiro atoms. The van der Waals surface area contributed by atoms with Gasteiger partial charge in [0.15, 0.2) is 0 Å². The van der Waals surface area contributed by atoms with E-state index in [1.54, 1.807) is 11.3 Å². The lowest BCUT2D eigenvalue weighted by atomic mass is 10.1. The zero-order valence-electron chi connectivity index (χ0n) is 8.98. The molecule has 0 amide bonds. The summed E-state index contributed by atoms with van der Waals surface area (Å²) < 4.78 is 1.06. The van der Waals surface area contributed by atoms with E-state index < -0.39 is 6.10 Å². The topological polar surface area (TPSA) is 20.2 Å². The van der Waals surface area contributed by atoms with Crippen LogP contribution in [-0.2, 0) is 6.42 Å². The first-order valence-electron chi connectivity index (χ1n) is 5.14. The Labute approximate surface area is 108 Å². The van der Waals surface area contributed by atoms with Gasteiger partial charge in [0, 0.05) is 11.3 Å². The van der Waals surface area contributed by atoms with Crippen LogP contribution in [0.1, 0.15) is 22.1 Å². The lowest BCUT2D eigenvalue weighted by Gasteiger charge is -2.08. The minimum atomic E-state index is -0.404. The smallest absolute Gasteiger partial charge is 0.0922 e. The maximum Gasteiger partial charge on any atom is 0.0922 e. The fourth-order valence-electron chi connectivity index (χ4n) is 1.56. The third-order valence-electron chi connectivity index (χ3n) is 2.47. The number of halogens is 1. The molecule has 0 saturated carbocycles. The van der Waals surface area contributed by atoms with Crippen LogP contribution >= 0.6 is 27.3 Å². The van der Waals surface area contributed by atoms with Gasteiger partial charge in [0.05, 0.1) is 9.89 Å². The van der Waals surface area contributed by atoms with E-state index in [2.05, 4.69) is 47.1 Å². The largest absolute Gasteiger partial charge is 0.387 e. The molecule has 84 valence electrons. The molecular formula is C13H13BrOS. The molecule has 0 aliphatic rings. The maximum atomic E-state index is 10.0. The number of benzene rings is 1. The van der Waals surface area contributed by atoms with Gasteiger partial charge in [0.25, 0.3) is 0 Å². The minimum absolute atomic E-state index is 0.404. The van der Waals surface area contributed by atoms with Crippen molar-refractivity contribution < 1.29 is 5.11 Å². The van der Waals surface area contributed by atoms with Crippen molar-refractivity contribution in [2.45, 2.75) is 19.4 Å². The van der Waals surface area contributed by atoms with Crippen LogP contribution < -0.4 is 0 Å². The number of thiophene rings is 1. The molecule has 1 unspecified atom stereocenters. The van der Waals surface area contributed by atoms with E-state index in [1.807, 2.05) is 12.1 Å². The lowest BCUT2D eigenvalue weighted by molar-refractivity contribution is 0.182. The molecule has 0 saturated heterocycles. The summed E-state index contributed by atoms with van der Waals surface area (Å²) in [4.78, 5) is 1.01. The van der Waals surface area contributed by atoms with Gasteiger partial charge in [-0.25, -0.2) is 0 Å². The highest BCUT2D eigenvalue weighted by molar-refractivity contribution is 9.11. The van der Waals surface area contributed by atoms with E-state index in [0.29, 0.717) is 6.42 Å². The first kappa shape index (κ1) is 11.8. The average Bonchev–Trinajstić information content (AvgIpc) is 2.68. The van der Waals surface area contributed by atoms with Crippen LogP contribution in [0, 0.1) is 6.92 Å². The quantitative estimate of drug-likeness (QED) is 0.904. The van der Waals surface area contributed by atoms with Gasteiger partial charge in [0.1, 0.15) is 0 Å². The molecule has 1 nitrogen and oxygen atoms in total. The van der Waals surface area contributed by atoms with Crippen LogP contribution in [0.15, 0.2) is 40.2 Å². The molecule has 1 atom stereocenters. The summed E-state index contributed by atoms with van der Waals surface area (Å²) in [5.74, 6) is 0. The van der Waals surface area contributed by atoms with E-state index in [9.17, 15) is 5.11 Å². The summed E-state index contributed by atoms with van der Waals surface area (Å²) in [5, 5.41) is 10.0. The van der Waals surface area contributed by atoms with Gasteiger partial charge in [-0.2, -0.15) is 0 Å². The highest BCUT2D eigenvalue weighted by atomic mass is 79.9. The second-order valence-electron chi connectivity index (χ2n) is 3.85. The summed E-state index contributed by atoms with van der Waals surface area (Å²) in [6.07, 6.45) is 0.270. The number of hydrogen-bond acceptors (Lipinski definition) is 2. The number of rotatable bonds is 3. The summed E-state index contributed by atoms with van der Waals surface area (Å²) in [6.45, 7) is 2.07. The van der Waals surface area contributed by atoms with E-state index >= 15 is 0 Å². The highest BCUT2D eigenvalue weighted by Crippen LogP contribution is 2.29. The fourth-order valence-corrected chi connectivity index (χ4v) is 2.96. The van der Waals surface area contributed by atoms with Crippen molar-refractivity contribution in [2.75, 3.05) is 0 Å². The SMILES string of the molecule is Cc1ccc(CC(O)c2ccc(Br)s2)cc1. The van der Waals surface area contributed by atoms with Gasteiger partial charge < -0.3 is 5.11 Å². The van der Waals surface area contributed by atoms with E-state index in [-0.39, 0.29) is 0 Å². The highest BCUT2D eigenvalue weighted by Gasteiger charge is 2.10. The Kier molecular flexibility index (Phi) is 3.79. The second kappa shape index (κ2) is 5.13. The van der Waals surface area contributed by atoms with Gasteiger partial charge in [-0.15, -0.1) is 11.3 Å². The van der Waals surface area contributed by atoms with E-state index in [4.69, 9.17) is 0 Å². The number of aliphatic hydroxyl groups is 1. The molecule has 1 N–H and O–H groups in total. The predicted molar refractivity (Wildman–Crippen MR) is 71.9 cm³/mol. The zero-order valence-corrected chi connectivity index (χ0v) is 11.4. The molecule has 0 aliphatic heterocycles. The Morgan fingerprint density at radius 1 is 1.19 bits per heavy atom. The Hall–Kier alpha value is -0.640. The Morgan fingerprint density at radius 3 is 2.44 bits per heavy atom. The van der Waals surface area contributed by atoms with Crippen LogP contribution in [-0.4, -0.2) is 5.11 Å². The van der Waals surface area contributed by atoms with Crippen LogP contribution in [0.4, 0.5) is 0 Å². The maximum absolute atomic E-state index is 10.0. The minimum Gasteiger partial charge on any atom is -0.387 e. The number of hydrogen-bond donors (Lipinski definition) is 1. The van der Waals surface area contributed by atoms with Crippen molar-refractivity contribution in [2.24, 2.45) is 0 Å². The molecule has 0 radical (unpaired) electrons. The first-order chi connectivity index (χ1) is 7.65. The van der Waals surface area contributed by atoms with E-state index in [1.165, 1.54) is 11.1 Å². The lowest BCUT2D eigenvalue weighted by Crippen LogP contribution is -1.99. The second-order valence-corrected chi connectivity index (χ2v) is 6.34. The molecule has 16 heavy (non-hydrogen) atoms. The molecule has 1 aromatic carbocycles. The van der Waals surface area contributed by atoms with Gasteiger partial charge in [-0.3, -0.25) is 0 Å². The summed E-state index contributed by atoms with van der Waals surface area (Å²) in [7, 11) is 0. The fraction of sp³-hybridized carbons (Fsp3) is 0.231. The molecule has 2 aromatic rings. The molecule has 0 bridgehead atoms. The molecule has 3 heteroatoms. The first-order valence-corrected chi connectivity index (χ1v) is 6.75. The zero-order chi connectivity index (χ0) is 11.5. The third-order valence-corrected chi connectivity index (χ3v) is 4.20. The molecule has 0 fully saturated rings. The van der Waals surface area contributed by atoms with Crippen molar-refractivity contribution in [3.63, 3.8) is 0 Å². The van der Waals surface area contributed by atoms with Crippen molar-refractivity contribution in [1.29, 1.82) is 0 Å². The van der Waals surface area contributed by atoms with Gasteiger partial charge in [-0.05, 0) is 40.5 Å². The average molecular weight is 297 g/mol. The molecule has 1 aromatic heterocycles. The summed E-state index contributed by atoms with van der Waals surface area (Å²) in [6, 6.07) is 12.2. The van der Waals surface area contributed by atoms with Gasteiger partial charge in [0.2, 0.25) is 0 Å². The van der Waals surface area contributed by atoms with Crippen LogP contribution in [0.3, 0.4) is 0 Å². The third kappa shape index (κ3) is 2.94. The van der Waals surface area contributed by atoms with Crippen LogP contribution in [0.2, 0.25) is 0 Å². The number of aryl methyl sites for hydroxylation is 1. The van der Waals surface area contributed by atoms with E-state index in [0.717, 1.165) is 8.66 Å². The summed E-state index contributed by atoms with van der Waals surface area (Å²) >= 11 is 4.99. The Balaban J connectivity index is 2.07. The van der Waals surface area contributed by atoms with Crippen molar-refractivity contribution in [1.82, 2.24) is 0 Å². The monoisotopic (exact) mass is 296 g/mol. The standard InChI is InChI=1S/C13H13BrOS/c1-9-2-4-10(5-3-9)8-11(15)12-6-7-13(14)16-12/h2-7,11,15H,8H2,1H3. The molecule has 2 rings (SSSR count). The van der Waals surface area contributed by atoms with Crippen molar-refractivity contribution in [3.05, 3.63) is 56.2 Å². The van der Waals surface area contributed by atoms with Gasteiger partial charge >= 0.3 is 0 Å². The Bertz CT molecular complexity index is 461. The van der Waals surface area contributed by atoms with Crippen molar-refractivity contribution in [3.8, 4) is 0 Å². The molecular weight excluding hydrogens is 284 g/mol. The van der Waals surface area contributed by atoms with Crippen molar-refractivity contribution >= 4 is 27.3 Å². The predicted octanol–water partition coefficient (Wildman–Crippen LogP) is 4.10. The number of aliphatic hydroxyl groups excluding tert-OH is 1. The van der Waals surface area contributed by atoms with Crippen LogP contribution in [0.25, 0.3) is 0 Å². The Morgan fingerprint density at radius 2 is 1.88 bits per heavy atom. The van der Waals surface area contributed by atoms with Crippen LogP contribution in [0.5, 0.6) is 0 Å². The molecule has 0 aliphatic carbocycles. The summed E-state index contributed by atoms with van der Waals surface area (Å²) in [5.41, 5.74) is 2.42. The molecule has 1 heterocycles. The van der Waals surface area contributed by atoms with Gasteiger partial charge in [-0.1, -0.05) is 29.8 Å². The normalized spacial score (nSPS) is 12.7.